The van der Waals surface area contributed by atoms with Gasteiger partial charge in [-0.1, -0.05) is 13.3 Å². The summed E-state index contributed by atoms with van der Waals surface area (Å²) in [5.41, 5.74) is 0. The lowest BCUT2D eigenvalue weighted by Gasteiger charge is -2.28. The Hall–Kier alpha value is -0.906. The van der Waals surface area contributed by atoms with Crippen LogP contribution in [0.5, 0.6) is 0 Å². The molecule has 230 valence electrons. The predicted octanol–water partition coefficient (Wildman–Crippen LogP) is 3.80. The quantitative estimate of drug-likeness (QED) is 0.0665. The standard InChI is InChI=1S/C26H53NO10Si2/c1-8-15-19-30-25(28)23-24(27(23)18-16-21-38(32-9-2,33-10-3)34-11-4)26(29)31-20-17-22-39(35-12-5,36-13-6)37-14-7/h23-24H,8-22H2,1-7H3. The summed E-state index contributed by atoms with van der Waals surface area (Å²) in [6.45, 7) is 17.5. The number of hydrogen-bond acceptors (Lipinski definition) is 11. The van der Waals surface area contributed by atoms with E-state index in [2.05, 4.69) is 0 Å². The van der Waals surface area contributed by atoms with Gasteiger partial charge >= 0.3 is 29.5 Å². The summed E-state index contributed by atoms with van der Waals surface area (Å²) < 4.78 is 46.5. The van der Waals surface area contributed by atoms with Crippen molar-refractivity contribution in [3.05, 3.63) is 0 Å². The van der Waals surface area contributed by atoms with Crippen LogP contribution in [0.15, 0.2) is 0 Å². The zero-order chi connectivity index (χ0) is 29.2. The topological polar surface area (TPSA) is 111 Å². The van der Waals surface area contributed by atoms with E-state index in [4.69, 9.17) is 36.0 Å². The first-order valence-corrected chi connectivity index (χ1v) is 18.6. The van der Waals surface area contributed by atoms with Gasteiger partial charge in [0.05, 0.1) is 13.2 Å². The van der Waals surface area contributed by atoms with Crippen LogP contribution in [0.1, 0.15) is 74.1 Å². The first-order chi connectivity index (χ1) is 18.8. The lowest BCUT2D eigenvalue weighted by Crippen LogP contribution is -2.46. The SMILES string of the molecule is CCCCOC(=O)C1C(C(=O)OCCC[Si](OCC)(OCC)OCC)N1CCC[Si](OCC)(OCC)OCC. The van der Waals surface area contributed by atoms with E-state index in [1.165, 1.54) is 0 Å². The molecule has 3 unspecified atom stereocenters. The molecule has 1 fully saturated rings. The van der Waals surface area contributed by atoms with Gasteiger partial charge in [0.1, 0.15) is 12.1 Å². The van der Waals surface area contributed by atoms with Gasteiger partial charge in [0.15, 0.2) is 0 Å². The molecule has 0 bridgehead atoms. The number of hydrogen-bond donors (Lipinski definition) is 0. The van der Waals surface area contributed by atoms with E-state index in [-0.39, 0.29) is 12.6 Å². The number of unbranched alkanes of at least 4 members (excludes halogenated alkanes) is 1. The van der Waals surface area contributed by atoms with Crippen molar-refractivity contribution in [3.8, 4) is 0 Å². The molecule has 0 aromatic rings. The monoisotopic (exact) mass is 595 g/mol. The van der Waals surface area contributed by atoms with Crippen molar-refractivity contribution in [3.63, 3.8) is 0 Å². The Labute approximate surface area is 237 Å². The van der Waals surface area contributed by atoms with E-state index in [1.807, 2.05) is 53.4 Å². The van der Waals surface area contributed by atoms with Crippen LogP contribution in [0.3, 0.4) is 0 Å². The zero-order valence-electron chi connectivity index (χ0n) is 25.3. The summed E-state index contributed by atoms with van der Waals surface area (Å²) in [5.74, 6) is -0.810. The van der Waals surface area contributed by atoms with Crippen molar-refractivity contribution in [2.24, 2.45) is 0 Å². The minimum Gasteiger partial charge on any atom is -0.464 e. The fourth-order valence-corrected chi connectivity index (χ4v) is 9.69. The second kappa shape index (κ2) is 20.0. The molecule has 0 N–H and O–H groups in total. The van der Waals surface area contributed by atoms with E-state index < -0.39 is 35.7 Å². The molecule has 11 nitrogen and oxygen atoms in total. The van der Waals surface area contributed by atoms with Crippen LogP contribution in [-0.4, -0.2) is 106 Å². The molecule has 1 rings (SSSR count). The van der Waals surface area contributed by atoms with Crippen LogP contribution in [0.25, 0.3) is 0 Å². The molecule has 1 aliphatic rings. The van der Waals surface area contributed by atoms with Crippen LogP contribution in [0, 0.1) is 0 Å². The average Bonchev–Trinajstić information content (AvgIpc) is 3.62. The molecule has 13 heteroatoms. The number of nitrogens with zero attached hydrogens (tertiary/aromatic N) is 1. The molecule has 0 saturated carbocycles. The maximum atomic E-state index is 13.0. The Morgan fingerprint density at radius 3 is 1.28 bits per heavy atom. The van der Waals surface area contributed by atoms with Crippen molar-refractivity contribution < 1.29 is 45.6 Å². The highest BCUT2D eigenvalue weighted by Crippen LogP contribution is 2.32. The van der Waals surface area contributed by atoms with Crippen LogP contribution in [0.2, 0.25) is 12.1 Å². The van der Waals surface area contributed by atoms with Gasteiger partial charge in [0, 0.05) is 51.7 Å². The van der Waals surface area contributed by atoms with E-state index >= 15 is 0 Å². The fraction of sp³-hybridized carbons (Fsp3) is 0.923. The lowest BCUT2D eigenvalue weighted by atomic mass is 10.3. The van der Waals surface area contributed by atoms with Crippen molar-refractivity contribution in [1.29, 1.82) is 0 Å². The lowest BCUT2D eigenvalue weighted by molar-refractivity contribution is -0.147. The van der Waals surface area contributed by atoms with Crippen molar-refractivity contribution in [1.82, 2.24) is 4.90 Å². The second-order valence-corrected chi connectivity index (χ2v) is 14.5. The van der Waals surface area contributed by atoms with Gasteiger partial charge in [-0.2, -0.15) is 0 Å². The summed E-state index contributed by atoms with van der Waals surface area (Å²) in [6, 6.07) is -0.155. The molecule has 1 heterocycles. The molecule has 1 aliphatic heterocycles. The highest BCUT2D eigenvalue weighted by atomic mass is 28.4. The smallest absolute Gasteiger partial charge is 0.464 e. The Balaban J connectivity index is 2.76. The van der Waals surface area contributed by atoms with Gasteiger partial charge in [-0.15, -0.1) is 0 Å². The van der Waals surface area contributed by atoms with Crippen LogP contribution >= 0.6 is 0 Å². The zero-order valence-corrected chi connectivity index (χ0v) is 27.3. The highest BCUT2D eigenvalue weighted by Gasteiger charge is 2.59. The van der Waals surface area contributed by atoms with Crippen molar-refractivity contribution in [2.75, 3.05) is 59.4 Å². The maximum absolute atomic E-state index is 13.0. The number of carbonyl (C=O) groups is 2. The number of rotatable bonds is 25. The summed E-state index contributed by atoms with van der Waals surface area (Å²) in [4.78, 5) is 27.6. The third-order valence-electron chi connectivity index (χ3n) is 6.11. The molecule has 1 saturated heterocycles. The second-order valence-electron chi connectivity index (χ2n) is 8.99. The van der Waals surface area contributed by atoms with Gasteiger partial charge in [-0.05, 0) is 67.3 Å². The molecule has 0 spiro atoms. The van der Waals surface area contributed by atoms with Gasteiger partial charge in [0.2, 0.25) is 0 Å². The molecule has 0 aromatic heterocycles. The van der Waals surface area contributed by atoms with Crippen LogP contribution in [-0.2, 0) is 45.6 Å². The molecule has 0 aliphatic carbocycles. The molecular formula is C26H53NO10Si2. The Morgan fingerprint density at radius 1 is 0.564 bits per heavy atom. The predicted molar refractivity (Wildman–Crippen MR) is 151 cm³/mol. The third kappa shape index (κ3) is 12.2. The Bertz CT molecular complexity index is 653. The van der Waals surface area contributed by atoms with Gasteiger partial charge in [-0.25, -0.2) is 0 Å². The highest BCUT2D eigenvalue weighted by molar-refractivity contribution is 6.61. The van der Waals surface area contributed by atoms with Crippen LogP contribution in [0.4, 0.5) is 0 Å². The maximum Gasteiger partial charge on any atom is 0.501 e. The first-order valence-electron chi connectivity index (χ1n) is 14.8. The summed E-state index contributed by atoms with van der Waals surface area (Å²) in [5, 5.41) is 0. The Morgan fingerprint density at radius 2 is 0.923 bits per heavy atom. The molecule has 39 heavy (non-hydrogen) atoms. The summed E-state index contributed by atoms with van der Waals surface area (Å²) in [7, 11) is -5.62. The first kappa shape index (κ1) is 36.1. The van der Waals surface area contributed by atoms with E-state index in [0.29, 0.717) is 77.7 Å². The molecular weight excluding hydrogens is 542 g/mol. The number of ether oxygens (including phenoxy) is 2. The number of esters is 2. The molecule has 0 radical (unpaired) electrons. The normalized spacial score (nSPS) is 19.2. The van der Waals surface area contributed by atoms with Crippen molar-refractivity contribution >= 4 is 29.5 Å². The van der Waals surface area contributed by atoms with E-state index in [9.17, 15) is 9.59 Å². The van der Waals surface area contributed by atoms with Gasteiger partial charge < -0.3 is 36.0 Å². The minimum atomic E-state index is -2.81. The van der Waals surface area contributed by atoms with Gasteiger partial charge in [0.25, 0.3) is 0 Å². The fourth-order valence-electron chi connectivity index (χ4n) is 4.51. The van der Waals surface area contributed by atoms with Crippen LogP contribution < -0.4 is 0 Å². The molecule has 0 aromatic carbocycles. The minimum absolute atomic E-state index is 0.192. The largest absolute Gasteiger partial charge is 0.501 e. The number of carbonyl (C=O) groups excluding carboxylic acids is 2. The summed E-state index contributed by atoms with van der Waals surface area (Å²) in [6.07, 6.45) is 2.90. The third-order valence-corrected chi connectivity index (χ3v) is 12.4. The van der Waals surface area contributed by atoms with Gasteiger partial charge in [-0.3, -0.25) is 14.5 Å². The average molecular weight is 596 g/mol. The molecule has 3 atom stereocenters. The van der Waals surface area contributed by atoms with E-state index in [1.54, 1.807) is 0 Å². The summed E-state index contributed by atoms with van der Waals surface area (Å²) >= 11 is 0. The van der Waals surface area contributed by atoms with E-state index in [0.717, 1.165) is 12.8 Å². The molecule has 0 amide bonds. The Kier molecular flexibility index (Phi) is 18.6. The van der Waals surface area contributed by atoms with Crippen molar-refractivity contribution in [2.45, 2.75) is 98.3 Å².